The highest BCUT2D eigenvalue weighted by Gasteiger charge is 2.15. The quantitative estimate of drug-likeness (QED) is 0.770. The minimum Gasteiger partial charge on any atom is -0.352 e. The molecule has 0 fully saturated rings. The third-order valence-electron chi connectivity index (χ3n) is 3.67. The largest absolute Gasteiger partial charge is 0.352 e. The summed E-state index contributed by atoms with van der Waals surface area (Å²) in [5.41, 5.74) is 1.82. The lowest BCUT2D eigenvalue weighted by molar-refractivity contribution is -0.119. The normalized spacial score (nSPS) is 10.2. The Bertz CT molecular complexity index is 854. The van der Waals surface area contributed by atoms with Gasteiger partial charge in [0.1, 0.15) is 0 Å². The van der Waals surface area contributed by atoms with Gasteiger partial charge in [-0.25, -0.2) is 0 Å². The van der Waals surface area contributed by atoms with E-state index < -0.39 is 0 Å². The van der Waals surface area contributed by atoms with Crippen molar-refractivity contribution in [1.29, 1.82) is 0 Å². The van der Waals surface area contributed by atoms with Crippen LogP contribution >= 0.6 is 23.2 Å². The molecule has 2 N–H and O–H groups in total. The second-order valence-corrected chi connectivity index (χ2v) is 6.76. The maximum atomic E-state index is 12.4. The predicted molar refractivity (Wildman–Crippen MR) is 106 cm³/mol. The van der Waals surface area contributed by atoms with Crippen molar-refractivity contribution in [2.24, 2.45) is 0 Å². The van der Waals surface area contributed by atoms with Crippen molar-refractivity contribution in [3.05, 3.63) is 63.6 Å². The van der Waals surface area contributed by atoms with Crippen molar-refractivity contribution in [2.45, 2.75) is 13.5 Å². The van der Waals surface area contributed by atoms with Crippen LogP contribution in [0, 0.1) is 0 Å². The first-order valence-electron chi connectivity index (χ1n) is 8.10. The molecule has 0 atom stereocenters. The van der Waals surface area contributed by atoms with Crippen molar-refractivity contribution >= 4 is 46.6 Å². The Hall–Kier alpha value is -2.57. The van der Waals surface area contributed by atoms with Crippen LogP contribution in [-0.4, -0.2) is 36.2 Å². The third kappa shape index (κ3) is 6.27. The van der Waals surface area contributed by atoms with Crippen LogP contribution < -0.4 is 10.6 Å². The first-order valence-corrected chi connectivity index (χ1v) is 8.85. The van der Waals surface area contributed by atoms with E-state index in [1.807, 2.05) is 0 Å². The number of amides is 3. The fourth-order valence-corrected chi connectivity index (χ4v) is 2.57. The van der Waals surface area contributed by atoms with E-state index in [9.17, 15) is 14.4 Å². The Morgan fingerprint density at radius 1 is 1.00 bits per heavy atom. The van der Waals surface area contributed by atoms with E-state index in [1.54, 1.807) is 43.4 Å². The van der Waals surface area contributed by atoms with Gasteiger partial charge in [-0.1, -0.05) is 35.3 Å². The van der Waals surface area contributed by atoms with Crippen molar-refractivity contribution in [3.8, 4) is 0 Å². The summed E-state index contributed by atoms with van der Waals surface area (Å²) >= 11 is 11.8. The van der Waals surface area contributed by atoms with Crippen molar-refractivity contribution < 1.29 is 14.4 Å². The second-order valence-electron chi connectivity index (χ2n) is 5.94. The van der Waals surface area contributed by atoms with Crippen molar-refractivity contribution in [2.75, 3.05) is 18.9 Å². The number of carbonyl (C=O) groups excluding carboxylic acids is 3. The average Bonchev–Trinajstić information content (AvgIpc) is 2.62. The molecule has 0 aliphatic heterocycles. The predicted octanol–water partition coefficient (Wildman–Crippen LogP) is 3.34. The Kier molecular flexibility index (Phi) is 7.21. The molecule has 0 spiro atoms. The lowest BCUT2D eigenvalue weighted by atomic mass is 10.1. The van der Waals surface area contributed by atoms with E-state index >= 15 is 0 Å². The summed E-state index contributed by atoms with van der Waals surface area (Å²) in [5, 5.41) is 6.08. The Labute approximate surface area is 167 Å². The fraction of sp³-hybridized carbons (Fsp3) is 0.211. The van der Waals surface area contributed by atoms with Crippen LogP contribution in [-0.2, 0) is 16.1 Å². The number of hydrogen-bond donors (Lipinski definition) is 2. The fourth-order valence-electron chi connectivity index (χ4n) is 2.27. The summed E-state index contributed by atoms with van der Waals surface area (Å²) < 4.78 is 0. The molecule has 0 saturated carbocycles. The van der Waals surface area contributed by atoms with Gasteiger partial charge in [0.25, 0.3) is 5.91 Å². The van der Waals surface area contributed by atoms with E-state index in [1.165, 1.54) is 17.9 Å². The molecule has 0 heterocycles. The van der Waals surface area contributed by atoms with Gasteiger partial charge < -0.3 is 15.5 Å². The molecule has 0 radical (unpaired) electrons. The molecule has 0 aromatic heterocycles. The molecule has 0 bridgehead atoms. The molecule has 142 valence electrons. The van der Waals surface area contributed by atoms with Gasteiger partial charge in [-0.05, 0) is 35.9 Å². The average molecular weight is 408 g/mol. The molecule has 8 heteroatoms. The number of rotatable bonds is 6. The molecular formula is C19H19Cl2N3O3. The minimum atomic E-state index is -0.355. The summed E-state index contributed by atoms with van der Waals surface area (Å²) in [5.74, 6) is -0.764. The summed E-state index contributed by atoms with van der Waals surface area (Å²) in [6.07, 6.45) is 0. The summed E-state index contributed by atoms with van der Waals surface area (Å²) in [6, 6.07) is 11.6. The van der Waals surface area contributed by atoms with Crippen LogP contribution in [0.5, 0.6) is 0 Å². The number of benzene rings is 2. The van der Waals surface area contributed by atoms with Crippen molar-refractivity contribution in [3.63, 3.8) is 0 Å². The van der Waals surface area contributed by atoms with Crippen LogP contribution in [0.15, 0.2) is 42.5 Å². The summed E-state index contributed by atoms with van der Waals surface area (Å²) in [7, 11) is 1.54. The molecule has 2 aromatic carbocycles. The first-order chi connectivity index (χ1) is 12.8. The van der Waals surface area contributed by atoms with Gasteiger partial charge in [-0.2, -0.15) is 0 Å². The molecule has 0 unspecified atom stereocenters. The van der Waals surface area contributed by atoms with Gasteiger partial charge in [0.05, 0.1) is 16.6 Å². The zero-order valence-electron chi connectivity index (χ0n) is 14.9. The highest BCUT2D eigenvalue weighted by atomic mass is 35.5. The van der Waals surface area contributed by atoms with Crippen LogP contribution in [0.25, 0.3) is 0 Å². The molecule has 0 aliphatic rings. The lowest BCUT2D eigenvalue weighted by Crippen LogP contribution is -2.34. The summed E-state index contributed by atoms with van der Waals surface area (Å²) in [4.78, 5) is 36.8. The van der Waals surface area contributed by atoms with Crippen LogP contribution in [0.3, 0.4) is 0 Å². The van der Waals surface area contributed by atoms with Gasteiger partial charge >= 0.3 is 0 Å². The topological polar surface area (TPSA) is 78.5 Å². The van der Waals surface area contributed by atoms with E-state index in [-0.39, 0.29) is 24.3 Å². The number of nitrogens with one attached hydrogen (secondary N) is 2. The first kappa shape index (κ1) is 20.7. The monoisotopic (exact) mass is 407 g/mol. The lowest BCUT2D eigenvalue weighted by Gasteiger charge is -2.17. The van der Waals surface area contributed by atoms with Gasteiger partial charge in [0.2, 0.25) is 11.8 Å². The Morgan fingerprint density at radius 3 is 2.26 bits per heavy atom. The third-order valence-corrected chi connectivity index (χ3v) is 4.41. The summed E-state index contributed by atoms with van der Waals surface area (Å²) in [6.45, 7) is 1.72. The maximum Gasteiger partial charge on any atom is 0.254 e. The van der Waals surface area contributed by atoms with E-state index in [0.29, 0.717) is 27.8 Å². The van der Waals surface area contributed by atoms with Gasteiger partial charge in [0, 0.05) is 31.8 Å². The zero-order valence-corrected chi connectivity index (χ0v) is 16.4. The number of nitrogens with zero attached hydrogens (tertiary/aromatic N) is 1. The second kappa shape index (κ2) is 9.39. The molecule has 0 aliphatic carbocycles. The Balaban J connectivity index is 1.93. The number of anilines is 1. The standard InChI is InChI=1S/C19H19Cl2N3O3/c1-12(25)22-10-13-3-5-14(6-4-13)19(27)24(2)11-18(26)23-15-7-8-16(20)17(21)9-15/h3-9H,10-11H2,1-2H3,(H,22,25)(H,23,26). The van der Waals surface area contributed by atoms with Crippen LogP contribution in [0.4, 0.5) is 5.69 Å². The van der Waals surface area contributed by atoms with Crippen LogP contribution in [0.2, 0.25) is 10.0 Å². The molecule has 2 aromatic rings. The van der Waals surface area contributed by atoms with Crippen LogP contribution in [0.1, 0.15) is 22.8 Å². The number of carbonyl (C=O) groups is 3. The van der Waals surface area contributed by atoms with E-state index in [4.69, 9.17) is 23.2 Å². The molecule has 27 heavy (non-hydrogen) atoms. The van der Waals surface area contributed by atoms with E-state index in [0.717, 1.165) is 5.56 Å². The smallest absolute Gasteiger partial charge is 0.254 e. The number of hydrogen-bond acceptors (Lipinski definition) is 3. The minimum absolute atomic E-state index is 0.118. The SMILES string of the molecule is CC(=O)NCc1ccc(C(=O)N(C)CC(=O)Nc2ccc(Cl)c(Cl)c2)cc1. The van der Waals surface area contributed by atoms with E-state index in [2.05, 4.69) is 10.6 Å². The molecule has 0 saturated heterocycles. The highest BCUT2D eigenvalue weighted by Crippen LogP contribution is 2.24. The highest BCUT2D eigenvalue weighted by molar-refractivity contribution is 6.42. The number of halogens is 2. The van der Waals surface area contributed by atoms with Gasteiger partial charge in [0.15, 0.2) is 0 Å². The Morgan fingerprint density at radius 2 is 1.67 bits per heavy atom. The van der Waals surface area contributed by atoms with Crippen molar-refractivity contribution in [1.82, 2.24) is 10.2 Å². The molecule has 6 nitrogen and oxygen atoms in total. The zero-order chi connectivity index (χ0) is 20.0. The molecule has 2 rings (SSSR count). The molecule has 3 amide bonds. The maximum absolute atomic E-state index is 12.4. The number of likely N-dealkylation sites (N-methyl/N-ethyl adjacent to an activating group) is 1. The van der Waals surface area contributed by atoms with Gasteiger partial charge in [-0.3, -0.25) is 14.4 Å². The molecular weight excluding hydrogens is 389 g/mol. The van der Waals surface area contributed by atoms with Gasteiger partial charge in [-0.15, -0.1) is 0 Å².